The van der Waals surface area contributed by atoms with Crippen molar-refractivity contribution < 1.29 is 9.59 Å². The van der Waals surface area contributed by atoms with Crippen LogP contribution in [0.2, 0.25) is 0 Å². The molecule has 1 saturated heterocycles. The Bertz CT molecular complexity index is 908. The standard InChI is InChI=1S/C20H22N6O2/c21-13-15-5-3-8-23-20(15)26-10-4-9-25(11-12-26)14-18(27)24-17-7-2-1-6-16(17)19(22)28/h1-3,5-8H,4,9-12,14H2,(H2,22,28)(H,24,27). The molecular formula is C20H22N6O2. The van der Waals surface area contributed by atoms with Crippen molar-refractivity contribution in [2.75, 3.05) is 42.9 Å². The molecule has 0 spiro atoms. The molecule has 2 aromatic rings. The largest absolute Gasteiger partial charge is 0.366 e. The van der Waals surface area contributed by atoms with Gasteiger partial charge in [-0.15, -0.1) is 0 Å². The summed E-state index contributed by atoms with van der Waals surface area (Å²) in [4.78, 5) is 32.4. The summed E-state index contributed by atoms with van der Waals surface area (Å²) in [6.07, 6.45) is 2.54. The first kappa shape index (κ1) is 19.3. The molecule has 0 saturated carbocycles. The van der Waals surface area contributed by atoms with Crippen LogP contribution < -0.4 is 16.0 Å². The van der Waals surface area contributed by atoms with E-state index in [0.29, 0.717) is 30.2 Å². The molecule has 28 heavy (non-hydrogen) atoms. The number of carbonyl (C=O) groups is 2. The van der Waals surface area contributed by atoms with Gasteiger partial charge in [0.05, 0.1) is 23.4 Å². The average molecular weight is 378 g/mol. The van der Waals surface area contributed by atoms with E-state index in [1.54, 1.807) is 42.6 Å². The summed E-state index contributed by atoms with van der Waals surface area (Å²) < 4.78 is 0. The highest BCUT2D eigenvalue weighted by Gasteiger charge is 2.20. The van der Waals surface area contributed by atoms with Crippen LogP contribution in [-0.4, -0.2) is 54.4 Å². The van der Waals surface area contributed by atoms with Crippen molar-refractivity contribution in [3.05, 3.63) is 53.7 Å². The fraction of sp³-hybridized carbons (Fsp3) is 0.300. The fourth-order valence-corrected chi connectivity index (χ4v) is 3.28. The van der Waals surface area contributed by atoms with E-state index in [0.717, 1.165) is 19.5 Å². The highest BCUT2D eigenvalue weighted by Crippen LogP contribution is 2.18. The molecule has 1 aromatic heterocycles. The maximum absolute atomic E-state index is 12.4. The Labute approximate surface area is 163 Å². The number of anilines is 2. The van der Waals surface area contributed by atoms with Gasteiger partial charge in [0, 0.05) is 32.4 Å². The van der Waals surface area contributed by atoms with Crippen molar-refractivity contribution in [2.24, 2.45) is 5.73 Å². The Hall–Kier alpha value is -3.44. The van der Waals surface area contributed by atoms with Gasteiger partial charge in [0.1, 0.15) is 11.9 Å². The summed E-state index contributed by atoms with van der Waals surface area (Å²) in [6.45, 7) is 3.10. The van der Waals surface area contributed by atoms with Crippen LogP contribution >= 0.6 is 0 Å². The predicted octanol–water partition coefficient (Wildman–Crippen LogP) is 1.20. The highest BCUT2D eigenvalue weighted by atomic mass is 16.2. The molecule has 0 bridgehead atoms. The Morgan fingerprint density at radius 1 is 1.14 bits per heavy atom. The summed E-state index contributed by atoms with van der Waals surface area (Å²) in [5.41, 5.74) is 6.62. The van der Waals surface area contributed by atoms with E-state index >= 15 is 0 Å². The second-order valence-electron chi connectivity index (χ2n) is 6.56. The van der Waals surface area contributed by atoms with Crippen LogP contribution in [0.5, 0.6) is 0 Å². The average Bonchev–Trinajstić information content (AvgIpc) is 2.93. The minimum Gasteiger partial charge on any atom is -0.366 e. The Morgan fingerprint density at radius 2 is 1.96 bits per heavy atom. The highest BCUT2D eigenvalue weighted by molar-refractivity contribution is 6.03. The zero-order valence-corrected chi connectivity index (χ0v) is 15.5. The number of nitrogens with one attached hydrogen (secondary N) is 1. The summed E-state index contributed by atoms with van der Waals surface area (Å²) in [5, 5.41) is 12.0. The Kier molecular flexibility index (Phi) is 6.19. The summed E-state index contributed by atoms with van der Waals surface area (Å²) in [5.74, 6) is -0.0886. The lowest BCUT2D eigenvalue weighted by molar-refractivity contribution is -0.117. The number of aromatic nitrogens is 1. The van der Waals surface area contributed by atoms with E-state index in [9.17, 15) is 14.9 Å². The van der Waals surface area contributed by atoms with Crippen LogP contribution in [0.25, 0.3) is 0 Å². The Balaban J connectivity index is 1.60. The number of carbonyl (C=O) groups excluding carboxylic acids is 2. The summed E-state index contributed by atoms with van der Waals surface area (Å²) in [6, 6.07) is 12.4. The first-order valence-electron chi connectivity index (χ1n) is 9.09. The molecule has 2 heterocycles. The van der Waals surface area contributed by atoms with E-state index < -0.39 is 5.91 Å². The number of rotatable bonds is 5. The van der Waals surface area contributed by atoms with E-state index in [4.69, 9.17) is 5.73 Å². The lowest BCUT2D eigenvalue weighted by Gasteiger charge is -2.23. The van der Waals surface area contributed by atoms with Crippen molar-refractivity contribution >= 4 is 23.3 Å². The van der Waals surface area contributed by atoms with E-state index in [1.165, 1.54) is 0 Å². The number of nitrogens with zero attached hydrogens (tertiary/aromatic N) is 4. The van der Waals surface area contributed by atoms with Crippen LogP contribution in [0.4, 0.5) is 11.5 Å². The van der Waals surface area contributed by atoms with Gasteiger partial charge >= 0.3 is 0 Å². The zero-order valence-electron chi connectivity index (χ0n) is 15.5. The number of primary amides is 1. The van der Waals surface area contributed by atoms with Gasteiger partial charge in [0.25, 0.3) is 5.91 Å². The van der Waals surface area contributed by atoms with Gasteiger partial charge in [-0.25, -0.2) is 4.98 Å². The van der Waals surface area contributed by atoms with Gasteiger partial charge < -0.3 is 16.0 Å². The van der Waals surface area contributed by atoms with E-state index in [-0.39, 0.29) is 18.0 Å². The molecule has 0 radical (unpaired) electrons. The molecule has 3 N–H and O–H groups in total. The number of para-hydroxylation sites is 1. The molecule has 144 valence electrons. The van der Waals surface area contributed by atoms with Gasteiger partial charge in [0.2, 0.25) is 5.91 Å². The van der Waals surface area contributed by atoms with Crippen molar-refractivity contribution in [1.82, 2.24) is 9.88 Å². The minimum atomic E-state index is -0.579. The van der Waals surface area contributed by atoms with Gasteiger partial charge in [-0.3, -0.25) is 14.5 Å². The molecule has 1 fully saturated rings. The normalized spacial score (nSPS) is 14.8. The molecule has 3 rings (SSSR count). The third kappa shape index (κ3) is 4.64. The number of hydrogen-bond donors (Lipinski definition) is 2. The molecule has 2 amide bonds. The maximum atomic E-state index is 12.4. The van der Waals surface area contributed by atoms with Gasteiger partial charge in [0.15, 0.2) is 0 Å². The van der Waals surface area contributed by atoms with Crippen molar-refractivity contribution in [1.29, 1.82) is 5.26 Å². The smallest absolute Gasteiger partial charge is 0.250 e. The van der Waals surface area contributed by atoms with Gasteiger partial charge in [-0.1, -0.05) is 12.1 Å². The van der Waals surface area contributed by atoms with Crippen molar-refractivity contribution in [3.63, 3.8) is 0 Å². The quantitative estimate of drug-likeness (QED) is 0.808. The monoisotopic (exact) mass is 378 g/mol. The number of pyridine rings is 1. The lowest BCUT2D eigenvalue weighted by Crippen LogP contribution is -2.37. The number of nitrogens with two attached hydrogens (primary N) is 1. The molecular weight excluding hydrogens is 356 g/mol. The number of amides is 2. The second-order valence-corrected chi connectivity index (χ2v) is 6.56. The molecule has 1 aliphatic heterocycles. The molecule has 8 heteroatoms. The van der Waals surface area contributed by atoms with Gasteiger partial charge in [-0.05, 0) is 30.7 Å². The fourth-order valence-electron chi connectivity index (χ4n) is 3.28. The second kappa shape index (κ2) is 8.97. The molecule has 0 aliphatic carbocycles. The molecule has 8 nitrogen and oxygen atoms in total. The molecule has 0 atom stereocenters. The number of nitriles is 1. The Morgan fingerprint density at radius 3 is 2.75 bits per heavy atom. The predicted molar refractivity (Wildman–Crippen MR) is 106 cm³/mol. The first-order chi connectivity index (χ1) is 13.6. The third-order valence-electron chi connectivity index (χ3n) is 4.63. The molecule has 1 aromatic carbocycles. The summed E-state index contributed by atoms with van der Waals surface area (Å²) in [7, 11) is 0. The molecule has 0 unspecified atom stereocenters. The van der Waals surface area contributed by atoms with Crippen LogP contribution in [0.15, 0.2) is 42.6 Å². The number of hydrogen-bond acceptors (Lipinski definition) is 6. The van der Waals surface area contributed by atoms with Crippen LogP contribution in [0, 0.1) is 11.3 Å². The third-order valence-corrected chi connectivity index (χ3v) is 4.63. The zero-order chi connectivity index (χ0) is 19.9. The van der Waals surface area contributed by atoms with Crippen LogP contribution in [-0.2, 0) is 4.79 Å². The topological polar surface area (TPSA) is 115 Å². The van der Waals surface area contributed by atoms with Crippen molar-refractivity contribution in [2.45, 2.75) is 6.42 Å². The van der Waals surface area contributed by atoms with E-state index in [1.807, 2.05) is 0 Å². The number of benzene rings is 1. The first-order valence-corrected chi connectivity index (χ1v) is 9.09. The minimum absolute atomic E-state index is 0.197. The van der Waals surface area contributed by atoms with Crippen LogP contribution in [0.1, 0.15) is 22.3 Å². The SMILES string of the molecule is N#Cc1cccnc1N1CCCN(CC(=O)Nc2ccccc2C(N)=O)CC1. The summed E-state index contributed by atoms with van der Waals surface area (Å²) >= 11 is 0. The van der Waals surface area contributed by atoms with Gasteiger partial charge in [-0.2, -0.15) is 5.26 Å². The maximum Gasteiger partial charge on any atom is 0.250 e. The van der Waals surface area contributed by atoms with Crippen molar-refractivity contribution in [3.8, 4) is 6.07 Å². The molecule has 1 aliphatic rings. The van der Waals surface area contributed by atoms with Crippen LogP contribution in [0.3, 0.4) is 0 Å². The lowest BCUT2D eigenvalue weighted by atomic mass is 10.1. The van der Waals surface area contributed by atoms with E-state index in [2.05, 4.69) is 26.2 Å².